The average Bonchev–Trinajstić information content (AvgIpc) is 2.31. The van der Waals surface area contributed by atoms with Crippen molar-refractivity contribution in [1.29, 1.82) is 0 Å². The first kappa shape index (κ1) is 11.7. The maximum atomic E-state index is 12.1. The zero-order chi connectivity index (χ0) is 11.9. The van der Waals surface area contributed by atoms with Gasteiger partial charge in [0, 0.05) is 19.1 Å². The van der Waals surface area contributed by atoms with Gasteiger partial charge in [0.25, 0.3) is 0 Å². The van der Waals surface area contributed by atoms with Crippen LogP contribution in [-0.4, -0.2) is 41.8 Å². The molecule has 0 radical (unpaired) electrons. The Morgan fingerprint density at radius 1 is 1.38 bits per heavy atom. The minimum atomic E-state index is -0.398. The number of nitrogens with one attached hydrogen (secondary N) is 1. The molecular weight excluding hydrogens is 204 g/mol. The van der Waals surface area contributed by atoms with Crippen molar-refractivity contribution in [2.75, 3.05) is 13.1 Å². The SMILES string of the molecule is CC1C[C@@H]2CNC[C@H]1N2C(=O)OC(C)(C)C. The number of carbonyl (C=O) groups excluding carboxylic acids is 1. The Balaban J connectivity index is 2.07. The number of hydrogen-bond acceptors (Lipinski definition) is 3. The van der Waals surface area contributed by atoms with Gasteiger partial charge in [0.15, 0.2) is 0 Å². The fraction of sp³-hybridized carbons (Fsp3) is 0.917. The second-order valence-electron chi connectivity index (χ2n) is 5.98. The van der Waals surface area contributed by atoms with Gasteiger partial charge < -0.3 is 10.1 Å². The lowest BCUT2D eigenvalue weighted by molar-refractivity contribution is 0.00862. The van der Waals surface area contributed by atoms with Crippen LogP contribution in [0.1, 0.15) is 34.1 Å². The third-order valence-corrected chi connectivity index (χ3v) is 3.39. The molecule has 1 amide bonds. The third-order valence-electron chi connectivity index (χ3n) is 3.39. The molecule has 0 aromatic heterocycles. The lowest BCUT2D eigenvalue weighted by Crippen LogP contribution is -2.55. The molecule has 2 bridgehead atoms. The summed E-state index contributed by atoms with van der Waals surface area (Å²) in [6.07, 6.45) is 0.949. The van der Waals surface area contributed by atoms with Crippen LogP contribution in [0.2, 0.25) is 0 Å². The smallest absolute Gasteiger partial charge is 0.410 e. The van der Waals surface area contributed by atoms with Crippen LogP contribution < -0.4 is 5.32 Å². The van der Waals surface area contributed by atoms with Crippen molar-refractivity contribution in [2.24, 2.45) is 5.92 Å². The number of rotatable bonds is 0. The molecular formula is C12H22N2O2. The van der Waals surface area contributed by atoms with E-state index in [1.165, 1.54) is 0 Å². The van der Waals surface area contributed by atoms with Crippen LogP contribution in [0.15, 0.2) is 0 Å². The van der Waals surface area contributed by atoms with E-state index < -0.39 is 5.60 Å². The van der Waals surface area contributed by atoms with E-state index in [1.54, 1.807) is 0 Å². The number of fused-ring (bicyclic) bond motifs is 2. The van der Waals surface area contributed by atoms with Crippen molar-refractivity contribution in [2.45, 2.75) is 51.8 Å². The number of amides is 1. The Labute approximate surface area is 97.3 Å². The van der Waals surface area contributed by atoms with E-state index in [-0.39, 0.29) is 6.09 Å². The van der Waals surface area contributed by atoms with Gasteiger partial charge in [-0.1, -0.05) is 6.92 Å². The van der Waals surface area contributed by atoms with Crippen molar-refractivity contribution >= 4 is 6.09 Å². The summed E-state index contributed by atoms with van der Waals surface area (Å²) >= 11 is 0. The Kier molecular flexibility index (Phi) is 2.86. The Hall–Kier alpha value is -0.770. The molecule has 4 nitrogen and oxygen atoms in total. The molecule has 1 N–H and O–H groups in total. The van der Waals surface area contributed by atoms with Gasteiger partial charge in [-0.25, -0.2) is 4.79 Å². The zero-order valence-corrected chi connectivity index (χ0v) is 10.6. The molecule has 2 fully saturated rings. The minimum absolute atomic E-state index is 0.145. The molecule has 1 unspecified atom stereocenters. The minimum Gasteiger partial charge on any atom is -0.444 e. The molecule has 4 heteroatoms. The van der Waals surface area contributed by atoms with Gasteiger partial charge in [-0.05, 0) is 33.1 Å². The number of piperazine rings is 1. The first-order chi connectivity index (χ1) is 7.38. The molecule has 0 aliphatic carbocycles. The lowest BCUT2D eigenvalue weighted by Gasteiger charge is -2.37. The molecule has 2 heterocycles. The number of nitrogens with zero attached hydrogens (tertiary/aromatic N) is 1. The van der Waals surface area contributed by atoms with Gasteiger partial charge >= 0.3 is 6.09 Å². The van der Waals surface area contributed by atoms with Crippen molar-refractivity contribution in [3.05, 3.63) is 0 Å². The van der Waals surface area contributed by atoms with E-state index in [0.29, 0.717) is 18.0 Å². The van der Waals surface area contributed by atoms with E-state index in [0.717, 1.165) is 19.5 Å². The summed E-state index contributed by atoms with van der Waals surface area (Å²) in [5.74, 6) is 0.576. The molecule has 0 aromatic rings. The fourth-order valence-corrected chi connectivity index (χ4v) is 2.72. The highest BCUT2D eigenvalue weighted by atomic mass is 16.6. The summed E-state index contributed by atoms with van der Waals surface area (Å²) in [4.78, 5) is 14.0. The van der Waals surface area contributed by atoms with Gasteiger partial charge in [-0.15, -0.1) is 0 Å². The predicted octanol–water partition coefficient (Wildman–Crippen LogP) is 1.60. The summed E-state index contributed by atoms with van der Waals surface area (Å²) in [6.45, 7) is 9.77. The largest absolute Gasteiger partial charge is 0.444 e. The molecule has 2 saturated heterocycles. The maximum absolute atomic E-state index is 12.1. The van der Waals surface area contributed by atoms with E-state index in [1.807, 2.05) is 25.7 Å². The van der Waals surface area contributed by atoms with Crippen LogP contribution in [0.4, 0.5) is 4.79 Å². The second kappa shape index (κ2) is 3.91. The van der Waals surface area contributed by atoms with Crippen LogP contribution >= 0.6 is 0 Å². The van der Waals surface area contributed by atoms with Crippen LogP contribution in [0.5, 0.6) is 0 Å². The molecule has 0 spiro atoms. The molecule has 92 valence electrons. The summed E-state index contributed by atoms with van der Waals surface area (Å²) in [5.41, 5.74) is -0.398. The number of hydrogen-bond donors (Lipinski definition) is 1. The Bertz CT molecular complexity index is 285. The predicted molar refractivity (Wildman–Crippen MR) is 62.3 cm³/mol. The molecule has 3 atom stereocenters. The molecule has 16 heavy (non-hydrogen) atoms. The van der Waals surface area contributed by atoms with Gasteiger partial charge in [0.2, 0.25) is 0 Å². The summed E-state index contributed by atoms with van der Waals surface area (Å²) in [6, 6.07) is 0.636. The van der Waals surface area contributed by atoms with E-state index >= 15 is 0 Å². The van der Waals surface area contributed by atoms with Crippen molar-refractivity contribution in [3.8, 4) is 0 Å². The second-order valence-corrected chi connectivity index (χ2v) is 5.98. The van der Waals surface area contributed by atoms with Gasteiger partial charge in [-0.2, -0.15) is 0 Å². The highest BCUT2D eigenvalue weighted by Gasteiger charge is 2.45. The normalized spacial score (nSPS) is 34.0. The molecule has 2 aliphatic rings. The first-order valence-corrected chi connectivity index (χ1v) is 6.10. The van der Waals surface area contributed by atoms with E-state index in [4.69, 9.17) is 4.74 Å². The topological polar surface area (TPSA) is 41.6 Å². The Morgan fingerprint density at radius 3 is 2.62 bits per heavy atom. The van der Waals surface area contributed by atoms with Crippen LogP contribution in [0.3, 0.4) is 0 Å². The summed E-state index contributed by atoms with van der Waals surface area (Å²) in [7, 11) is 0. The van der Waals surface area contributed by atoms with Crippen LogP contribution in [0.25, 0.3) is 0 Å². The molecule has 2 rings (SSSR count). The summed E-state index contributed by atoms with van der Waals surface area (Å²) < 4.78 is 5.47. The van der Waals surface area contributed by atoms with Gasteiger partial charge in [0.1, 0.15) is 5.60 Å². The molecule has 0 saturated carbocycles. The van der Waals surface area contributed by atoms with Crippen molar-refractivity contribution in [3.63, 3.8) is 0 Å². The fourth-order valence-electron chi connectivity index (χ4n) is 2.72. The highest BCUT2D eigenvalue weighted by molar-refractivity contribution is 5.69. The molecule has 2 aliphatic heterocycles. The first-order valence-electron chi connectivity index (χ1n) is 6.10. The van der Waals surface area contributed by atoms with Crippen LogP contribution in [-0.2, 0) is 4.74 Å². The van der Waals surface area contributed by atoms with Gasteiger partial charge in [0.05, 0.1) is 6.04 Å². The quantitative estimate of drug-likeness (QED) is 0.682. The zero-order valence-electron chi connectivity index (χ0n) is 10.6. The maximum Gasteiger partial charge on any atom is 0.410 e. The Morgan fingerprint density at radius 2 is 2.06 bits per heavy atom. The lowest BCUT2D eigenvalue weighted by atomic mass is 10.0. The van der Waals surface area contributed by atoms with Crippen molar-refractivity contribution in [1.82, 2.24) is 10.2 Å². The number of ether oxygens (including phenoxy) is 1. The monoisotopic (exact) mass is 226 g/mol. The van der Waals surface area contributed by atoms with Gasteiger partial charge in [-0.3, -0.25) is 4.90 Å². The van der Waals surface area contributed by atoms with E-state index in [2.05, 4.69) is 12.2 Å². The van der Waals surface area contributed by atoms with Crippen molar-refractivity contribution < 1.29 is 9.53 Å². The average molecular weight is 226 g/mol. The third kappa shape index (κ3) is 2.17. The van der Waals surface area contributed by atoms with Crippen LogP contribution in [0, 0.1) is 5.92 Å². The molecule has 0 aromatic carbocycles. The summed E-state index contributed by atoms with van der Waals surface area (Å²) in [5, 5.41) is 3.38. The highest BCUT2D eigenvalue weighted by Crippen LogP contribution is 2.32. The number of carbonyl (C=O) groups is 1. The van der Waals surface area contributed by atoms with E-state index in [9.17, 15) is 4.79 Å². The standard InChI is InChI=1S/C12H22N2O2/c1-8-5-9-6-13-7-10(8)14(9)11(15)16-12(2,3)4/h8-10,13H,5-7H2,1-4H3/t8?,9-,10-/m1/s1.